The Hall–Kier alpha value is -2.36. The Balaban J connectivity index is 1.53. The zero-order valence-electron chi connectivity index (χ0n) is 12.5. The molecule has 0 saturated heterocycles. The fourth-order valence-electron chi connectivity index (χ4n) is 2.33. The van der Waals surface area contributed by atoms with Crippen LogP contribution in [0, 0.1) is 0 Å². The predicted molar refractivity (Wildman–Crippen MR) is 86.5 cm³/mol. The minimum absolute atomic E-state index is 0.0135. The maximum atomic E-state index is 12.1. The molecule has 0 atom stereocenters. The number of nitrogens with zero attached hydrogens (tertiary/aromatic N) is 1. The van der Waals surface area contributed by atoms with Gasteiger partial charge in [0.15, 0.2) is 0 Å². The molecule has 22 heavy (non-hydrogen) atoms. The summed E-state index contributed by atoms with van der Waals surface area (Å²) in [7, 11) is 0. The van der Waals surface area contributed by atoms with Crippen molar-refractivity contribution < 1.29 is 9.53 Å². The van der Waals surface area contributed by atoms with Gasteiger partial charge in [-0.2, -0.15) is 0 Å². The highest BCUT2D eigenvalue weighted by Crippen LogP contribution is 2.18. The lowest BCUT2D eigenvalue weighted by Crippen LogP contribution is -2.40. The van der Waals surface area contributed by atoms with Crippen LogP contribution in [0.1, 0.15) is 24.8 Å². The molecule has 1 aromatic rings. The molecule has 0 aromatic heterocycles. The number of ether oxygens (including phenoxy) is 1. The van der Waals surface area contributed by atoms with Crippen LogP contribution in [0.3, 0.4) is 0 Å². The summed E-state index contributed by atoms with van der Waals surface area (Å²) in [4.78, 5) is 16.5. The van der Waals surface area contributed by atoms with Crippen molar-refractivity contribution >= 4 is 11.8 Å². The molecule has 2 aliphatic rings. The van der Waals surface area contributed by atoms with Crippen molar-refractivity contribution in [3.63, 3.8) is 0 Å². The number of carbonyl (C=O) groups is 1. The van der Waals surface area contributed by atoms with Gasteiger partial charge in [-0.25, -0.2) is 4.99 Å². The van der Waals surface area contributed by atoms with Crippen molar-refractivity contribution in [2.24, 2.45) is 4.99 Å². The van der Waals surface area contributed by atoms with Crippen LogP contribution in [0.15, 0.2) is 59.1 Å². The minimum Gasteiger partial charge on any atom is -0.473 e. The van der Waals surface area contributed by atoms with E-state index in [4.69, 9.17) is 4.74 Å². The van der Waals surface area contributed by atoms with Gasteiger partial charge in [-0.1, -0.05) is 36.4 Å². The van der Waals surface area contributed by atoms with E-state index in [-0.39, 0.29) is 5.91 Å². The molecule has 0 spiro atoms. The van der Waals surface area contributed by atoms with Crippen molar-refractivity contribution in [3.05, 3.63) is 59.7 Å². The Morgan fingerprint density at radius 2 is 2.05 bits per heavy atom. The van der Waals surface area contributed by atoms with Crippen LogP contribution in [0.2, 0.25) is 0 Å². The predicted octanol–water partition coefficient (Wildman–Crippen LogP) is 2.77. The SMILES string of the molecule is O=C(NC1CCC1)C1=CCN=C(OCc2ccccc2)C=C1. The van der Waals surface area contributed by atoms with E-state index in [0.717, 1.165) is 18.4 Å². The van der Waals surface area contributed by atoms with Crippen LogP contribution in [-0.2, 0) is 16.1 Å². The summed E-state index contributed by atoms with van der Waals surface area (Å²) in [5.41, 5.74) is 1.76. The largest absolute Gasteiger partial charge is 0.473 e. The van der Waals surface area contributed by atoms with E-state index in [9.17, 15) is 4.79 Å². The minimum atomic E-state index is -0.0135. The number of hydrogen-bond acceptors (Lipinski definition) is 3. The molecule has 0 radical (unpaired) electrons. The van der Waals surface area contributed by atoms with Gasteiger partial charge in [-0.3, -0.25) is 4.79 Å². The molecule has 1 saturated carbocycles. The van der Waals surface area contributed by atoms with E-state index in [1.807, 2.05) is 36.4 Å². The number of amides is 1. The van der Waals surface area contributed by atoms with Gasteiger partial charge in [0, 0.05) is 17.7 Å². The van der Waals surface area contributed by atoms with Gasteiger partial charge in [0.1, 0.15) is 6.61 Å². The van der Waals surface area contributed by atoms with Gasteiger partial charge in [0.2, 0.25) is 5.90 Å². The molecule has 4 nitrogen and oxygen atoms in total. The molecule has 1 aromatic carbocycles. The maximum Gasteiger partial charge on any atom is 0.251 e. The number of hydrogen-bond donors (Lipinski definition) is 1. The van der Waals surface area contributed by atoms with E-state index in [2.05, 4.69) is 10.3 Å². The summed E-state index contributed by atoms with van der Waals surface area (Å²) in [5, 5.41) is 3.04. The first kappa shape index (κ1) is 14.6. The van der Waals surface area contributed by atoms with Crippen LogP contribution in [0.5, 0.6) is 0 Å². The summed E-state index contributed by atoms with van der Waals surface area (Å²) in [5.74, 6) is 0.548. The first-order valence-corrected chi connectivity index (χ1v) is 7.71. The third-order valence-corrected chi connectivity index (χ3v) is 3.90. The lowest BCUT2D eigenvalue weighted by molar-refractivity contribution is -0.118. The Morgan fingerprint density at radius 1 is 1.23 bits per heavy atom. The molecule has 1 aliphatic heterocycles. The number of aliphatic imine (C=N–C) groups is 1. The average Bonchev–Trinajstić information content (AvgIpc) is 2.75. The molecule has 1 N–H and O–H groups in total. The fourth-order valence-corrected chi connectivity index (χ4v) is 2.33. The second-order valence-corrected chi connectivity index (χ2v) is 5.55. The van der Waals surface area contributed by atoms with Crippen molar-refractivity contribution in [1.82, 2.24) is 5.32 Å². The highest BCUT2D eigenvalue weighted by Gasteiger charge is 2.20. The molecule has 1 heterocycles. The molecule has 3 rings (SSSR count). The zero-order valence-corrected chi connectivity index (χ0v) is 12.5. The Labute approximate surface area is 130 Å². The third-order valence-electron chi connectivity index (χ3n) is 3.90. The lowest BCUT2D eigenvalue weighted by Gasteiger charge is -2.26. The van der Waals surface area contributed by atoms with Gasteiger partial charge in [-0.15, -0.1) is 0 Å². The van der Waals surface area contributed by atoms with Crippen molar-refractivity contribution in [3.8, 4) is 0 Å². The third kappa shape index (κ3) is 3.85. The molecule has 4 heteroatoms. The molecular weight excluding hydrogens is 276 g/mol. The normalized spacial score (nSPS) is 17.8. The molecule has 1 aliphatic carbocycles. The van der Waals surface area contributed by atoms with Crippen LogP contribution in [0.25, 0.3) is 0 Å². The average molecular weight is 296 g/mol. The molecular formula is C18H20N2O2. The first-order chi connectivity index (χ1) is 10.8. The van der Waals surface area contributed by atoms with Gasteiger partial charge < -0.3 is 10.1 Å². The Morgan fingerprint density at radius 3 is 2.77 bits per heavy atom. The summed E-state index contributed by atoms with van der Waals surface area (Å²) in [6.07, 6.45) is 8.77. The number of rotatable bonds is 4. The van der Waals surface area contributed by atoms with Crippen LogP contribution in [0.4, 0.5) is 0 Å². The van der Waals surface area contributed by atoms with Crippen LogP contribution >= 0.6 is 0 Å². The highest BCUT2D eigenvalue weighted by molar-refractivity contribution is 5.99. The van der Waals surface area contributed by atoms with Crippen molar-refractivity contribution in [2.75, 3.05) is 6.54 Å². The molecule has 0 unspecified atom stereocenters. The summed E-state index contributed by atoms with van der Waals surface area (Å²) in [6, 6.07) is 10.3. The molecule has 0 bridgehead atoms. The molecule has 114 valence electrons. The smallest absolute Gasteiger partial charge is 0.251 e. The number of benzene rings is 1. The second-order valence-electron chi connectivity index (χ2n) is 5.55. The lowest BCUT2D eigenvalue weighted by atomic mass is 9.93. The summed E-state index contributed by atoms with van der Waals surface area (Å²) >= 11 is 0. The van der Waals surface area contributed by atoms with Crippen molar-refractivity contribution in [2.45, 2.75) is 31.9 Å². The fraction of sp³-hybridized carbons (Fsp3) is 0.333. The highest BCUT2D eigenvalue weighted by atomic mass is 16.5. The molecule has 1 amide bonds. The number of nitrogens with one attached hydrogen (secondary N) is 1. The van der Waals surface area contributed by atoms with Crippen molar-refractivity contribution in [1.29, 1.82) is 0 Å². The van der Waals surface area contributed by atoms with Gasteiger partial charge in [0.25, 0.3) is 5.91 Å². The van der Waals surface area contributed by atoms with Gasteiger partial charge in [-0.05, 0) is 30.9 Å². The van der Waals surface area contributed by atoms with Crippen LogP contribution in [-0.4, -0.2) is 24.4 Å². The van der Waals surface area contributed by atoms with Gasteiger partial charge >= 0.3 is 0 Å². The zero-order chi connectivity index (χ0) is 15.2. The quantitative estimate of drug-likeness (QED) is 0.929. The maximum absolute atomic E-state index is 12.1. The van der Waals surface area contributed by atoms with E-state index < -0.39 is 0 Å². The summed E-state index contributed by atoms with van der Waals surface area (Å²) in [6.45, 7) is 0.943. The first-order valence-electron chi connectivity index (χ1n) is 7.71. The van der Waals surface area contributed by atoms with E-state index in [1.165, 1.54) is 6.42 Å². The Kier molecular flexibility index (Phi) is 4.68. The number of carbonyl (C=O) groups excluding carboxylic acids is 1. The van der Waals surface area contributed by atoms with E-state index in [1.54, 1.807) is 12.2 Å². The standard InChI is InChI=1S/C18H20N2O2/c21-18(20-16-7-4-8-16)15-9-10-17(19-12-11-15)22-13-14-5-2-1-3-6-14/h1-3,5-6,9-11,16H,4,7-8,12-13H2,(H,20,21). The molecule has 1 fully saturated rings. The topological polar surface area (TPSA) is 50.7 Å². The van der Waals surface area contributed by atoms with Gasteiger partial charge in [0.05, 0.1) is 6.54 Å². The van der Waals surface area contributed by atoms with E-state index in [0.29, 0.717) is 30.7 Å². The monoisotopic (exact) mass is 296 g/mol. The Bertz CT molecular complexity index is 613. The summed E-state index contributed by atoms with van der Waals surface area (Å²) < 4.78 is 5.69. The van der Waals surface area contributed by atoms with Crippen LogP contribution < -0.4 is 5.32 Å². The second kappa shape index (κ2) is 7.07. The van der Waals surface area contributed by atoms with E-state index >= 15 is 0 Å².